The first-order valence-corrected chi connectivity index (χ1v) is 9.37. The van der Waals surface area contributed by atoms with Crippen molar-refractivity contribution < 1.29 is 69.0 Å². The van der Waals surface area contributed by atoms with Gasteiger partial charge in [0.1, 0.15) is 0 Å². The SMILES string of the molecule is O=C(O)C=CC(C(=O)O)=C(C=CC(=O)O)N1C(=O)N(C=CC(=O)O)C(=O)C1(C=CC(=O)O)C=CC(=O)O. The molecule has 16 heteroatoms. The zero-order chi connectivity index (χ0) is 28.5. The van der Waals surface area contributed by atoms with Gasteiger partial charge in [0.15, 0.2) is 5.54 Å². The standard InChI is InChI=1S/C21H16N2O14/c24-13(25)3-1-11(18(34)35)12(2-4-14(26)27)23-20(37)22(10-7-17(32)33)19(36)21(23,8-5-15(28)29)9-6-16(30)31/h1-10H,(H,24,25)(H,26,27)(H,28,29)(H,30,31)(H,32,33)(H,34,35). The third-order valence-corrected chi connectivity index (χ3v) is 4.18. The first-order valence-electron chi connectivity index (χ1n) is 9.37. The third-order valence-electron chi connectivity index (χ3n) is 4.18. The predicted molar refractivity (Wildman–Crippen MR) is 115 cm³/mol. The lowest BCUT2D eigenvalue weighted by Gasteiger charge is -2.31. The Morgan fingerprint density at radius 2 is 1.03 bits per heavy atom. The largest absolute Gasteiger partial charge is 0.478 e. The Morgan fingerprint density at radius 3 is 1.43 bits per heavy atom. The molecule has 3 amide bonds. The molecule has 1 aliphatic heterocycles. The second kappa shape index (κ2) is 12.1. The van der Waals surface area contributed by atoms with E-state index in [1.807, 2.05) is 0 Å². The number of aliphatic carboxylic acids is 6. The smallest absolute Gasteiger partial charge is 0.337 e. The van der Waals surface area contributed by atoms with Crippen molar-refractivity contribution in [1.82, 2.24) is 9.80 Å². The average molecular weight is 520 g/mol. The van der Waals surface area contributed by atoms with Crippen LogP contribution in [0, 0.1) is 0 Å². The van der Waals surface area contributed by atoms with E-state index in [-0.39, 0.29) is 34.1 Å². The van der Waals surface area contributed by atoms with Gasteiger partial charge in [-0.1, -0.05) is 0 Å². The molecular weight excluding hydrogens is 504 g/mol. The molecule has 0 atom stereocenters. The lowest BCUT2D eigenvalue weighted by molar-refractivity contribution is -0.133. The van der Waals surface area contributed by atoms with Crippen LogP contribution in [0.15, 0.2) is 72.2 Å². The van der Waals surface area contributed by atoms with E-state index in [0.29, 0.717) is 36.6 Å². The van der Waals surface area contributed by atoms with Gasteiger partial charge in [0.2, 0.25) is 0 Å². The number of carboxylic acid groups (broad SMARTS) is 6. The maximum atomic E-state index is 13.3. The number of amides is 3. The lowest BCUT2D eigenvalue weighted by atomic mass is 9.94. The zero-order valence-corrected chi connectivity index (χ0v) is 18.1. The van der Waals surface area contributed by atoms with Gasteiger partial charge in [-0.25, -0.2) is 38.5 Å². The fourth-order valence-corrected chi connectivity index (χ4v) is 2.81. The molecule has 1 aliphatic rings. The third kappa shape index (κ3) is 7.34. The van der Waals surface area contributed by atoms with Crippen molar-refractivity contribution in [3.63, 3.8) is 0 Å². The van der Waals surface area contributed by atoms with Crippen LogP contribution in [-0.2, 0) is 33.6 Å². The summed E-state index contributed by atoms with van der Waals surface area (Å²) in [5.74, 6) is -12.0. The van der Waals surface area contributed by atoms with Gasteiger partial charge in [0.25, 0.3) is 5.91 Å². The molecule has 0 unspecified atom stereocenters. The predicted octanol–water partition coefficient (Wildman–Crippen LogP) is -0.510. The van der Waals surface area contributed by atoms with Crippen molar-refractivity contribution in [2.45, 2.75) is 5.54 Å². The van der Waals surface area contributed by atoms with Crippen molar-refractivity contribution in [1.29, 1.82) is 0 Å². The van der Waals surface area contributed by atoms with Crippen LogP contribution in [0.1, 0.15) is 0 Å². The fourth-order valence-electron chi connectivity index (χ4n) is 2.81. The van der Waals surface area contributed by atoms with Crippen LogP contribution in [0.4, 0.5) is 4.79 Å². The highest BCUT2D eigenvalue weighted by Crippen LogP contribution is 2.37. The highest BCUT2D eigenvalue weighted by Gasteiger charge is 2.56. The van der Waals surface area contributed by atoms with Crippen molar-refractivity contribution in [3.05, 3.63) is 72.2 Å². The number of carbonyl (C=O) groups excluding carboxylic acids is 2. The van der Waals surface area contributed by atoms with Crippen molar-refractivity contribution in [2.24, 2.45) is 0 Å². The molecule has 0 aromatic carbocycles. The molecule has 194 valence electrons. The number of rotatable bonds is 12. The second-order valence-corrected chi connectivity index (χ2v) is 6.56. The zero-order valence-electron chi connectivity index (χ0n) is 18.1. The van der Waals surface area contributed by atoms with Gasteiger partial charge >= 0.3 is 41.8 Å². The maximum Gasteiger partial charge on any atom is 0.337 e. The first kappa shape index (κ1) is 29.2. The molecule has 0 bridgehead atoms. The quantitative estimate of drug-likeness (QED) is 0.107. The molecule has 16 nitrogen and oxygen atoms in total. The molecule has 1 fully saturated rings. The fraction of sp³-hybridized carbons (Fsp3) is 0.0476. The molecule has 0 radical (unpaired) electrons. The molecule has 0 aliphatic carbocycles. The Morgan fingerprint density at radius 1 is 0.595 bits per heavy atom. The monoisotopic (exact) mass is 520 g/mol. The Balaban J connectivity index is 4.32. The Bertz CT molecular complexity index is 1220. The van der Waals surface area contributed by atoms with Crippen LogP contribution in [0.25, 0.3) is 0 Å². The number of urea groups is 1. The van der Waals surface area contributed by atoms with Crippen LogP contribution in [-0.4, -0.2) is 93.7 Å². The summed E-state index contributed by atoms with van der Waals surface area (Å²) < 4.78 is 0. The molecule has 1 rings (SSSR count). The van der Waals surface area contributed by atoms with E-state index in [1.54, 1.807) is 0 Å². The number of hydrogen-bond acceptors (Lipinski definition) is 8. The van der Waals surface area contributed by atoms with Crippen molar-refractivity contribution in [2.75, 3.05) is 0 Å². The highest BCUT2D eigenvalue weighted by molar-refractivity contribution is 6.13. The van der Waals surface area contributed by atoms with Crippen molar-refractivity contribution >= 4 is 47.8 Å². The van der Waals surface area contributed by atoms with Crippen LogP contribution < -0.4 is 0 Å². The lowest BCUT2D eigenvalue weighted by Crippen LogP contribution is -2.46. The van der Waals surface area contributed by atoms with Crippen LogP contribution in [0.5, 0.6) is 0 Å². The van der Waals surface area contributed by atoms with Gasteiger partial charge < -0.3 is 30.6 Å². The van der Waals surface area contributed by atoms with Gasteiger partial charge in [-0.2, -0.15) is 0 Å². The topological polar surface area (TPSA) is 264 Å². The maximum absolute atomic E-state index is 13.3. The first-order chi connectivity index (χ1) is 17.1. The van der Waals surface area contributed by atoms with E-state index in [2.05, 4.69) is 0 Å². The minimum absolute atomic E-state index is 0.0709. The Kier molecular flexibility index (Phi) is 9.53. The van der Waals surface area contributed by atoms with E-state index in [4.69, 9.17) is 25.5 Å². The van der Waals surface area contributed by atoms with Gasteiger partial charge in [-0.05, 0) is 24.3 Å². The average Bonchev–Trinajstić information content (AvgIpc) is 2.97. The van der Waals surface area contributed by atoms with Gasteiger partial charge in [-0.15, -0.1) is 0 Å². The molecule has 6 N–H and O–H groups in total. The molecule has 0 aromatic rings. The normalized spacial score (nSPS) is 19.0. The Hall–Kier alpha value is -5.80. The summed E-state index contributed by atoms with van der Waals surface area (Å²) in [5, 5.41) is 54.6. The molecular formula is C21H16N2O14. The summed E-state index contributed by atoms with van der Waals surface area (Å²) in [4.78, 5) is 94.2. The van der Waals surface area contributed by atoms with Crippen LogP contribution in [0.2, 0.25) is 0 Å². The summed E-state index contributed by atoms with van der Waals surface area (Å²) >= 11 is 0. The minimum Gasteiger partial charge on any atom is -0.478 e. The summed E-state index contributed by atoms with van der Waals surface area (Å²) in [6.07, 6.45) is 3.59. The number of carboxylic acids is 6. The molecule has 1 saturated heterocycles. The van der Waals surface area contributed by atoms with E-state index < -0.39 is 64.6 Å². The Labute approximate surface area is 204 Å². The van der Waals surface area contributed by atoms with Gasteiger partial charge in [0.05, 0.1) is 11.3 Å². The minimum atomic E-state index is -2.81. The molecule has 37 heavy (non-hydrogen) atoms. The van der Waals surface area contributed by atoms with E-state index >= 15 is 0 Å². The molecule has 1 heterocycles. The highest BCUT2D eigenvalue weighted by atomic mass is 16.4. The molecule has 0 saturated carbocycles. The molecule has 0 aromatic heterocycles. The van der Waals surface area contributed by atoms with E-state index in [0.717, 1.165) is 0 Å². The van der Waals surface area contributed by atoms with Crippen LogP contribution in [0.3, 0.4) is 0 Å². The van der Waals surface area contributed by atoms with E-state index in [1.165, 1.54) is 0 Å². The van der Waals surface area contributed by atoms with Crippen molar-refractivity contribution in [3.8, 4) is 0 Å². The number of carbonyl (C=O) groups is 8. The van der Waals surface area contributed by atoms with Gasteiger partial charge in [-0.3, -0.25) is 9.69 Å². The number of imide groups is 1. The number of hydrogen-bond donors (Lipinski definition) is 6. The summed E-state index contributed by atoms with van der Waals surface area (Å²) in [5.41, 5.74) is -4.93. The summed E-state index contributed by atoms with van der Waals surface area (Å²) in [7, 11) is 0. The number of nitrogens with zero attached hydrogens (tertiary/aromatic N) is 2. The summed E-state index contributed by atoms with van der Waals surface area (Å²) in [6, 6.07) is -1.58. The van der Waals surface area contributed by atoms with Gasteiger partial charge in [0, 0.05) is 36.6 Å². The summed E-state index contributed by atoms with van der Waals surface area (Å²) in [6.45, 7) is 0. The second-order valence-electron chi connectivity index (χ2n) is 6.56. The van der Waals surface area contributed by atoms with Crippen LogP contribution >= 0.6 is 0 Å². The number of allylic oxidation sites excluding steroid dienone is 1. The molecule has 0 spiro atoms. The van der Waals surface area contributed by atoms with E-state index in [9.17, 15) is 43.5 Å².